The molecule has 0 aliphatic carbocycles. The zero-order valence-corrected chi connectivity index (χ0v) is 18.6. The number of unbranched alkanes of at least 4 members (excludes halogenated alkanes) is 12. The van der Waals surface area contributed by atoms with Crippen molar-refractivity contribution >= 4 is 5.97 Å². The molecule has 174 valence electrons. The fourth-order valence-electron chi connectivity index (χ4n) is 3.95. The summed E-state index contributed by atoms with van der Waals surface area (Å²) >= 11 is 0. The highest BCUT2D eigenvalue weighted by Crippen LogP contribution is 2.30. The molecule has 1 aromatic rings. The summed E-state index contributed by atoms with van der Waals surface area (Å²) in [5.74, 6) is -2.08. The van der Waals surface area contributed by atoms with E-state index in [1.807, 2.05) is 0 Å². The van der Waals surface area contributed by atoms with Gasteiger partial charge in [0.05, 0.1) is 0 Å². The first-order chi connectivity index (χ1) is 14.9. The normalized spacial score (nSPS) is 11.4. The van der Waals surface area contributed by atoms with E-state index in [4.69, 9.17) is 0 Å². The Labute approximate surface area is 184 Å². The zero-order chi connectivity index (χ0) is 23.1. The SMILES string of the molecule is CCCCCCCCCCCCCCCc1ccccc1C(C(=O)O)([N+](=O)[O-])[N+](=O)[O-]. The molecule has 0 aromatic heterocycles. The van der Waals surface area contributed by atoms with Gasteiger partial charge in [-0.1, -0.05) is 102 Å². The first-order valence-corrected chi connectivity index (χ1v) is 11.5. The second-order valence-corrected chi connectivity index (χ2v) is 8.14. The highest BCUT2D eigenvalue weighted by molar-refractivity contribution is 5.77. The monoisotopic (exact) mass is 436 g/mol. The third-order valence-electron chi connectivity index (χ3n) is 5.77. The van der Waals surface area contributed by atoms with E-state index in [2.05, 4.69) is 6.92 Å². The Morgan fingerprint density at radius 3 is 1.65 bits per heavy atom. The molecule has 0 radical (unpaired) electrons. The van der Waals surface area contributed by atoms with E-state index in [0.29, 0.717) is 18.4 Å². The van der Waals surface area contributed by atoms with Crippen molar-refractivity contribution in [3.8, 4) is 0 Å². The summed E-state index contributed by atoms with van der Waals surface area (Å²) in [6.45, 7) is 2.22. The number of benzene rings is 1. The van der Waals surface area contributed by atoms with Crippen LogP contribution in [-0.4, -0.2) is 20.9 Å². The highest BCUT2D eigenvalue weighted by atomic mass is 16.7. The van der Waals surface area contributed by atoms with Crippen LogP contribution in [0.1, 0.15) is 102 Å². The van der Waals surface area contributed by atoms with Crippen LogP contribution < -0.4 is 0 Å². The van der Waals surface area contributed by atoms with E-state index in [1.54, 1.807) is 12.1 Å². The predicted octanol–water partition coefficient (Wildman–Crippen LogP) is 6.11. The van der Waals surface area contributed by atoms with Crippen molar-refractivity contribution < 1.29 is 19.7 Å². The largest absolute Gasteiger partial charge is 0.579 e. The molecule has 1 rings (SSSR count). The summed E-state index contributed by atoms with van der Waals surface area (Å²) in [4.78, 5) is 31.8. The molecule has 0 fully saturated rings. The molecule has 31 heavy (non-hydrogen) atoms. The summed E-state index contributed by atoms with van der Waals surface area (Å²) in [6, 6.07) is 5.73. The van der Waals surface area contributed by atoms with E-state index in [1.165, 1.54) is 69.9 Å². The summed E-state index contributed by atoms with van der Waals surface area (Å²) < 4.78 is 0. The van der Waals surface area contributed by atoms with E-state index in [9.17, 15) is 30.1 Å². The van der Waals surface area contributed by atoms with Gasteiger partial charge < -0.3 is 5.11 Å². The van der Waals surface area contributed by atoms with Crippen LogP contribution in [0.4, 0.5) is 0 Å². The highest BCUT2D eigenvalue weighted by Gasteiger charge is 2.67. The zero-order valence-electron chi connectivity index (χ0n) is 18.6. The van der Waals surface area contributed by atoms with Crippen molar-refractivity contribution in [1.29, 1.82) is 0 Å². The van der Waals surface area contributed by atoms with Gasteiger partial charge in [-0.2, -0.15) is 0 Å². The molecule has 0 spiro atoms. The Balaban J connectivity index is 2.42. The maximum atomic E-state index is 11.6. The lowest BCUT2D eigenvalue weighted by Gasteiger charge is -2.16. The Hall–Kier alpha value is -2.51. The summed E-state index contributed by atoms with van der Waals surface area (Å²) in [5, 5.41) is 32.2. The molecular formula is C23H36N2O6. The van der Waals surface area contributed by atoms with Crippen LogP contribution in [0, 0.1) is 20.2 Å². The molecule has 0 aliphatic heterocycles. The molecule has 0 amide bonds. The van der Waals surface area contributed by atoms with Crippen LogP contribution in [0.3, 0.4) is 0 Å². The lowest BCUT2D eigenvalue weighted by molar-refractivity contribution is -0.790. The number of carboxylic acid groups (broad SMARTS) is 1. The van der Waals surface area contributed by atoms with Gasteiger partial charge in [0.15, 0.2) is 0 Å². The van der Waals surface area contributed by atoms with Crippen molar-refractivity contribution in [1.82, 2.24) is 0 Å². The van der Waals surface area contributed by atoms with Crippen molar-refractivity contribution in [2.75, 3.05) is 0 Å². The molecule has 0 saturated carbocycles. The van der Waals surface area contributed by atoms with Gasteiger partial charge >= 0.3 is 11.6 Å². The lowest BCUT2D eigenvalue weighted by Crippen LogP contribution is -2.50. The number of aryl methyl sites for hydroxylation is 1. The number of rotatable bonds is 18. The predicted molar refractivity (Wildman–Crippen MR) is 119 cm³/mol. The van der Waals surface area contributed by atoms with Crippen molar-refractivity contribution in [3.05, 3.63) is 55.6 Å². The first-order valence-electron chi connectivity index (χ1n) is 11.5. The average molecular weight is 437 g/mol. The Bertz CT molecular complexity index is 671. The molecule has 0 saturated heterocycles. The van der Waals surface area contributed by atoms with Crippen LogP contribution in [0.25, 0.3) is 0 Å². The van der Waals surface area contributed by atoms with Gasteiger partial charge in [0, 0.05) is 0 Å². The number of carboxylic acids is 1. The van der Waals surface area contributed by atoms with Crippen molar-refractivity contribution in [2.45, 2.75) is 102 Å². The standard InChI is InChI=1S/C23H36N2O6/c1-2-3-4-5-6-7-8-9-10-11-12-13-14-17-20-18-15-16-19-21(20)23(22(26)27,24(28)29)25(30)31/h15-16,18-19H,2-14,17H2,1H3,(H,26,27). The molecule has 1 N–H and O–H groups in total. The molecule has 0 unspecified atom stereocenters. The Morgan fingerprint density at radius 1 is 0.806 bits per heavy atom. The van der Waals surface area contributed by atoms with Gasteiger partial charge in [-0.3, -0.25) is 20.2 Å². The fraction of sp³-hybridized carbons (Fsp3) is 0.696. The van der Waals surface area contributed by atoms with Gasteiger partial charge in [0.25, 0.3) is 0 Å². The van der Waals surface area contributed by atoms with Gasteiger partial charge in [-0.15, -0.1) is 0 Å². The van der Waals surface area contributed by atoms with E-state index < -0.39 is 21.5 Å². The molecule has 0 aliphatic rings. The first kappa shape index (κ1) is 26.5. The van der Waals surface area contributed by atoms with Crippen LogP contribution in [-0.2, 0) is 16.9 Å². The van der Waals surface area contributed by atoms with Crippen molar-refractivity contribution in [2.24, 2.45) is 0 Å². The van der Waals surface area contributed by atoms with E-state index >= 15 is 0 Å². The molecule has 0 atom stereocenters. The topological polar surface area (TPSA) is 124 Å². The van der Waals surface area contributed by atoms with Crippen LogP contribution >= 0.6 is 0 Å². The fourth-order valence-corrected chi connectivity index (χ4v) is 3.95. The maximum absolute atomic E-state index is 11.6. The molecule has 0 heterocycles. The van der Waals surface area contributed by atoms with Crippen LogP contribution in [0.5, 0.6) is 0 Å². The minimum atomic E-state index is -3.37. The number of carbonyl (C=O) groups is 1. The molecule has 8 nitrogen and oxygen atoms in total. The Morgan fingerprint density at radius 2 is 1.23 bits per heavy atom. The average Bonchev–Trinajstić information content (AvgIpc) is 2.72. The smallest absolute Gasteiger partial charge is 0.470 e. The lowest BCUT2D eigenvalue weighted by atomic mass is 9.92. The number of hydrogen-bond acceptors (Lipinski definition) is 5. The molecule has 8 heteroatoms. The quantitative estimate of drug-likeness (QED) is 0.128. The summed E-state index contributed by atoms with van der Waals surface area (Å²) in [7, 11) is 0. The maximum Gasteiger partial charge on any atom is 0.579 e. The molecule has 1 aromatic carbocycles. The minimum Gasteiger partial charge on any atom is -0.470 e. The second-order valence-electron chi connectivity index (χ2n) is 8.14. The van der Waals surface area contributed by atoms with Crippen molar-refractivity contribution in [3.63, 3.8) is 0 Å². The van der Waals surface area contributed by atoms with Gasteiger partial charge in [-0.05, 0) is 24.5 Å². The minimum absolute atomic E-state index is 0.348. The molecular weight excluding hydrogens is 400 g/mol. The third kappa shape index (κ3) is 7.92. The number of nitrogens with zero attached hydrogens (tertiary/aromatic N) is 2. The van der Waals surface area contributed by atoms with Gasteiger partial charge in [0.2, 0.25) is 0 Å². The Kier molecular flexibility index (Phi) is 12.4. The van der Waals surface area contributed by atoms with Gasteiger partial charge in [0.1, 0.15) is 15.4 Å². The molecule has 0 bridgehead atoms. The van der Waals surface area contributed by atoms with E-state index in [0.717, 1.165) is 19.3 Å². The second kappa shape index (κ2) is 14.5. The number of hydrogen-bond donors (Lipinski definition) is 1. The third-order valence-corrected chi connectivity index (χ3v) is 5.77. The summed E-state index contributed by atoms with van der Waals surface area (Å²) in [6.07, 6.45) is 15.8. The van der Waals surface area contributed by atoms with Gasteiger partial charge in [-0.25, -0.2) is 4.79 Å². The number of aliphatic carboxylic acids is 1. The summed E-state index contributed by atoms with van der Waals surface area (Å²) in [5.41, 5.74) is -3.38. The van der Waals surface area contributed by atoms with E-state index in [-0.39, 0.29) is 5.56 Å². The number of nitro groups is 2. The van der Waals surface area contributed by atoms with Crippen LogP contribution in [0.15, 0.2) is 24.3 Å². The van der Waals surface area contributed by atoms with Crippen LogP contribution in [0.2, 0.25) is 0 Å².